The summed E-state index contributed by atoms with van der Waals surface area (Å²) in [5.74, 6) is -1.21. The van der Waals surface area contributed by atoms with Gasteiger partial charge < -0.3 is 5.11 Å². The number of sulfonamides is 1. The van der Waals surface area contributed by atoms with E-state index in [0.29, 0.717) is 6.42 Å². The maximum absolute atomic E-state index is 12.8. The van der Waals surface area contributed by atoms with Gasteiger partial charge in [-0.05, 0) is 52.8 Å². The highest BCUT2D eigenvalue weighted by Gasteiger charge is 2.27. The van der Waals surface area contributed by atoms with Crippen LogP contribution in [0.5, 0.6) is 0 Å². The summed E-state index contributed by atoms with van der Waals surface area (Å²) in [4.78, 5) is 11.7. The molecule has 2 N–H and O–H groups in total. The van der Waals surface area contributed by atoms with Gasteiger partial charge in [-0.15, -0.1) is 0 Å². The smallest absolute Gasteiger partial charge is 0.322 e. The molecular formula is C22H19NO4S. The molecule has 0 fully saturated rings. The van der Waals surface area contributed by atoms with Crippen LogP contribution in [0.15, 0.2) is 77.7 Å². The Kier molecular flexibility index (Phi) is 4.75. The van der Waals surface area contributed by atoms with Gasteiger partial charge in [0, 0.05) is 0 Å². The van der Waals surface area contributed by atoms with E-state index in [9.17, 15) is 18.3 Å². The molecule has 0 spiro atoms. The normalized spacial score (nSPS) is 13.6. The average Bonchev–Trinajstić information content (AvgIpc) is 3.06. The first-order valence-corrected chi connectivity index (χ1v) is 10.4. The summed E-state index contributed by atoms with van der Waals surface area (Å²) in [5.41, 5.74) is 4.98. The van der Waals surface area contributed by atoms with E-state index < -0.39 is 22.0 Å². The number of carbonyl (C=O) groups is 1. The van der Waals surface area contributed by atoms with Gasteiger partial charge in [-0.3, -0.25) is 4.79 Å². The van der Waals surface area contributed by atoms with Crippen molar-refractivity contribution < 1.29 is 18.3 Å². The molecule has 3 aromatic carbocycles. The van der Waals surface area contributed by atoms with Crippen molar-refractivity contribution >= 4 is 16.0 Å². The van der Waals surface area contributed by atoms with Crippen LogP contribution in [0.25, 0.3) is 11.1 Å². The third kappa shape index (κ3) is 3.56. The summed E-state index contributed by atoms with van der Waals surface area (Å²) < 4.78 is 28.0. The van der Waals surface area contributed by atoms with Gasteiger partial charge in [0.25, 0.3) is 0 Å². The lowest BCUT2D eigenvalue weighted by Gasteiger charge is -2.15. The van der Waals surface area contributed by atoms with Crippen molar-refractivity contribution in [3.63, 3.8) is 0 Å². The Morgan fingerprint density at radius 1 is 0.929 bits per heavy atom. The van der Waals surface area contributed by atoms with E-state index in [0.717, 1.165) is 27.8 Å². The largest absolute Gasteiger partial charge is 0.480 e. The molecule has 1 aliphatic rings. The van der Waals surface area contributed by atoms with Crippen LogP contribution in [0.3, 0.4) is 0 Å². The number of fused-ring (bicyclic) bond motifs is 3. The zero-order valence-corrected chi connectivity index (χ0v) is 15.8. The molecule has 4 rings (SSSR count). The first kappa shape index (κ1) is 18.4. The zero-order chi connectivity index (χ0) is 19.7. The highest BCUT2D eigenvalue weighted by atomic mass is 32.2. The average molecular weight is 393 g/mol. The van der Waals surface area contributed by atoms with Crippen LogP contribution in [-0.2, 0) is 27.7 Å². The van der Waals surface area contributed by atoms with Crippen LogP contribution in [-0.4, -0.2) is 25.5 Å². The Bertz CT molecular complexity index is 1140. The molecule has 28 heavy (non-hydrogen) atoms. The number of nitrogens with one attached hydrogen (secondary N) is 1. The van der Waals surface area contributed by atoms with Gasteiger partial charge in [0.1, 0.15) is 6.04 Å². The molecule has 0 saturated carbocycles. The van der Waals surface area contributed by atoms with Crippen LogP contribution in [0.1, 0.15) is 16.7 Å². The van der Waals surface area contributed by atoms with Crippen molar-refractivity contribution in [3.8, 4) is 11.1 Å². The van der Waals surface area contributed by atoms with Gasteiger partial charge in [0.05, 0.1) is 4.90 Å². The first-order chi connectivity index (χ1) is 13.4. The molecule has 1 aliphatic carbocycles. The predicted molar refractivity (Wildman–Crippen MR) is 107 cm³/mol. The van der Waals surface area contributed by atoms with E-state index in [2.05, 4.69) is 4.72 Å². The molecule has 5 nitrogen and oxygen atoms in total. The van der Waals surface area contributed by atoms with Gasteiger partial charge in [0.2, 0.25) is 10.0 Å². The van der Waals surface area contributed by atoms with Crippen molar-refractivity contribution in [1.29, 1.82) is 0 Å². The molecule has 0 saturated heterocycles. The van der Waals surface area contributed by atoms with Gasteiger partial charge in [-0.2, -0.15) is 4.72 Å². The minimum absolute atomic E-state index is 0.0752. The Morgan fingerprint density at radius 3 is 2.36 bits per heavy atom. The Balaban J connectivity index is 1.60. The maximum atomic E-state index is 12.8. The molecule has 0 heterocycles. The molecule has 0 radical (unpaired) electrons. The summed E-state index contributed by atoms with van der Waals surface area (Å²) in [6.07, 6.45) is 0.743. The lowest BCUT2D eigenvalue weighted by Crippen LogP contribution is -2.42. The minimum Gasteiger partial charge on any atom is -0.480 e. The van der Waals surface area contributed by atoms with E-state index in [1.165, 1.54) is 6.07 Å². The molecule has 0 amide bonds. The quantitative estimate of drug-likeness (QED) is 0.527. The summed E-state index contributed by atoms with van der Waals surface area (Å²) in [5, 5.41) is 9.49. The second-order valence-electron chi connectivity index (χ2n) is 6.85. The number of rotatable bonds is 6. The number of hydrogen-bond acceptors (Lipinski definition) is 3. The van der Waals surface area contributed by atoms with Crippen molar-refractivity contribution in [3.05, 3.63) is 89.5 Å². The lowest BCUT2D eigenvalue weighted by atomic mass is 10.1. The van der Waals surface area contributed by atoms with Crippen molar-refractivity contribution in [2.75, 3.05) is 0 Å². The molecule has 142 valence electrons. The maximum Gasteiger partial charge on any atom is 0.322 e. The number of carboxylic acid groups (broad SMARTS) is 1. The molecule has 6 heteroatoms. The molecule has 0 bridgehead atoms. The Labute approximate surface area is 163 Å². The molecule has 3 aromatic rings. The number of hydrogen-bond donors (Lipinski definition) is 2. The van der Waals surface area contributed by atoms with Crippen LogP contribution in [0.4, 0.5) is 0 Å². The molecule has 0 aliphatic heterocycles. The number of aliphatic carboxylic acids is 1. The van der Waals surface area contributed by atoms with Crippen molar-refractivity contribution in [1.82, 2.24) is 4.72 Å². The zero-order valence-electron chi connectivity index (χ0n) is 15.0. The molecule has 1 atom stereocenters. The SMILES string of the molecule is O=C(O)[C@H](Cc1ccccc1)NS(=O)(=O)c1ccc2c(c1)Cc1ccccc1-2. The lowest BCUT2D eigenvalue weighted by molar-refractivity contribution is -0.138. The molecule has 0 unspecified atom stereocenters. The first-order valence-electron chi connectivity index (χ1n) is 8.94. The van der Waals surface area contributed by atoms with Gasteiger partial charge in [-0.1, -0.05) is 60.7 Å². The second kappa shape index (κ2) is 7.22. The van der Waals surface area contributed by atoms with Crippen LogP contribution in [0, 0.1) is 0 Å². The predicted octanol–water partition coefficient (Wildman–Crippen LogP) is 3.23. The van der Waals surface area contributed by atoms with Crippen molar-refractivity contribution in [2.45, 2.75) is 23.8 Å². The third-order valence-corrected chi connectivity index (χ3v) is 6.42. The summed E-state index contributed by atoms with van der Waals surface area (Å²) in [6, 6.07) is 20.7. The van der Waals surface area contributed by atoms with E-state index in [-0.39, 0.29) is 11.3 Å². The number of carboxylic acids is 1. The van der Waals surface area contributed by atoms with E-state index in [4.69, 9.17) is 0 Å². The van der Waals surface area contributed by atoms with E-state index >= 15 is 0 Å². The fourth-order valence-electron chi connectivity index (χ4n) is 3.57. The summed E-state index contributed by atoms with van der Waals surface area (Å²) in [6.45, 7) is 0. The summed E-state index contributed by atoms with van der Waals surface area (Å²) in [7, 11) is -3.96. The monoisotopic (exact) mass is 393 g/mol. The second-order valence-corrected chi connectivity index (χ2v) is 8.57. The third-order valence-electron chi connectivity index (χ3n) is 4.95. The highest BCUT2D eigenvalue weighted by molar-refractivity contribution is 7.89. The van der Waals surface area contributed by atoms with Gasteiger partial charge in [-0.25, -0.2) is 8.42 Å². The number of benzene rings is 3. The topological polar surface area (TPSA) is 83.5 Å². The Morgan fingerprint density at radius 2 is 1.61 bits per heavy atom. The minimum atomic E-state index is -3.96. The van der Waals surface area contributed by atoms with Crippen LogP contribution < -0.4 is 4.72 Å². The van der Waals surface area contributed by atoms with Gasteiger partial charge in [0.15, 0.2) is 0 Å². The van der Waals surface area contributed by atoms with Gasteiger partial charge >= 0.3 is 5.97 Å². The standard InChI is InChI=1S/C22H19NO4S/c24-22(25)21(12-15-6-2-1-3-7-15)23-28(26,27)18-10-11-20-17(14-18)13-16-8-4-5-9-19(16)20/h1-11,14,21,23H,12-13H2,(H,24,25)/t21-/m0/s1. The highest BCUT2D eigenvalue weighted by Crippen LogP contribution is 2.37. The van der Waals surface area contributed by atoms with Crippen molar-refractivity contribution in [2.24, 2.45) is 0 Å². The Hall–Kier alpha value is -2.96. The fraction of sp³-hybridized carbons (Fsp3) is 0.136. The van der Waals surface area contributed by atoms with E-state index in [1.807, 2.05) is 30.3 Å². The molecular weight excluding hydrogens is 374 g/mol. The molecule has 0 aromatic heterocycles. The van der Waals surface area contributed by atoms with Crippen LogP contribution in [0.2, 0.25) is 0 Å². The van der Waals surface area contributed by atoms with E-state index in [1.54, 1.807) is 36.4 Å². The fourth-order valence-corrected chi connectivity index (χ4v) is 4.81. The van der Waals surface area contributed by atoms with Crippen LogP contribution >= 0.6 is 0 Å². The summed E-state index contributed by atoms with van der Waals surface area (Å²) >= 11 is 0.